The maximum absolute atomic E-state index is 13.2. The van der Waals surface area contributed by atoms with Gasteiger partial charge in [-0.15, -0.1) is 0 Å². The zero-order valence-corrected chi connectivity index (χ0v) is 28.0. The third-order valence-corrected chi connectivity index (χ3v) is 13.3. The molecule has 2 bridgehead atoms. The molecule has 0 radical (unpaired) electrons. The van der Waals surface area contributed by atoms with Crippen molar-refractivity contribution in [3.63, 3.8) is 0 Å². The molecule has 242 valence electrons. The second kappa shape index (κ2) is 15.3. The predicted octanol–water partition coefficient (Wildman–Crippen LogP) is 10.9. The lowest BCUT2D eigenvalue weighted by Gasteiger charge is -2.65. The summed E-state index contributed by atoms with van der Waals surface area (Å²) in [6.45, 7) is 9.06. The van der Waals surface area contributed by atoms with E-state index in [4.69, 9.17) is 4.74 Å². The van der Waals surface area contributed by atoms with Crippen molar-refractivity contribution in [3.8, 4) is 0 Å². The maximum atomic E-state index is 13.2. The Morgan fingerprint density at radius 1 is 0.714 bits per heavy atom. The smallest absolute Gasteiger partial charge is 0.309 e. The number of unbranched alkanes of at least 4 members (excludes halogenated alkanes) is 14. The van der Waals surface area contributed by atoms with Gasteiger partial charge in [0.05, 0.1) is 5.41 Å². The molecule has 4 rings (SSSR count). The summed E-state index contributed by atoms with van der Waals surface area (Å²) in [5, 5.41) is 10.4. The summed E-state index contributed by atoms with van der Waals surface area (Å²) in [6.07, 6.45) is 28.7. The number of carbonyl (C=O) groups excluding carboxylic acids is 1. The van der Waals surface area contributed by atoms with Gasteiger partial charge in [-0.05, 0) is 93.8 Å². The largest absolute Gasteiger partial charge is 0.481 e. The lowest BCUT2D eigenvalue weighted by molar-refractivity contribution is -0.222. The van der Waals surface area contributed by atoms with Crippen LogP contribution in [0.25, 0.3) is 0 Å². The molecule has 0 heterocycles. The fourth-order valence-electron chi connectivity index (χ4n) is 11.0. The lowest BCUT2D eigenvalue weighted by atomic mass is 9.40. The Morgan fingerprint density at radius 2 is 1.29 bits per heavy atom. The number of carboxylic acid groups (broad SMARTS) is 1. The molecule has 4 aliphatic carbocycles. The van der Waals surface area contributed by atoms with Crippen molar-refractivity contribution in [1.82, 2.24) is 0 Å². The van der Waals surface area contributed by atoms with E-state index in [9.17, 15) is 14.7 Å². The second-order valence-electron chi connectivity index (χ2n) is 16.0. The summed E-state index contributed by atoms with van der Waals surface area (Å²) in [4.78, 5) is 25.8. The van der Waals surface area contributed by atoms with Crippen LogP contribution in [-0.2, 0) is 14.3 Å². The van der Waals surface area contributed by atoms with Crippen LogP contribution in [-0.4, -0.2) is 23.1 Å². The van der Waals surface area contributed by atoms with E-state index >= 15 is 0 Å². The number of aliphatic carboxylic acids is 1. The van der Waals surface area contributed by atoms with Gasteiger partial charge in [0.25, 0.3) is 0 Å². The zero-order valence-electron chi connectivity index (χ0n) is 28.0. The molecule has 0 unspecified atom stereocenters. The number of hydrogen-bond donors (Lipinski definition) is 1. The fourth-order valence-corrected chi connectivity index (χ4v) is 11.0. The zero-order chi connectivity index (χ0) is 30.2. The van der Waals surface area contributed by atoms with Gasteiger partial charge in [0.15, 0.2) is 0 Å². The standard InChI is InChI=1S/C38H66O4/c1-5-6-7-8-9-10-11-12-13-14-15-16-17-18-19-20-34(39)42-33-24-25-36(3,35(40)41)31-23-26-38-27-29(2)30(28-38)21-22-32(38)37(31,33)4/h29-33H,5-28H2,1-4H3,(H,40,41)/t29-,30-,31+,32-,33-,36+,37+,38+/m0/s1. The fraction of sp³-hybridized carbons (Fsp3) is 0.947. The second-order valence-corrected chi connectivity index (χ2v) is 16.0. The third-order valence-electron chi connectivity index (χ3n) is 13.3. The van der Waals surface area contributed by atoms with Gasteiger partial charge in [-0.25, -0.2) is 0 Å². The van der Waals surface area contributed by atoms with E-state index in [2.05, 4.69) is 20.8 Å². The van der Waals surface area contributed by atoms with Gasteiger partial charge in [0.1, 0.15) is 6.10 Å². The van der Waals surface area contributed by atoms with Crippen LogP contribution >= 0.6 is 0 Å². The van der Waals surface area contributed by atoms with E-state index in [1.54, 1.807) is 0 Å². The molecule has 0 amide bonds. The molecule has 0 aromatic heterocycles. The number of carboxylic acids is 1. The van der Waals surface area contributed by atoms with Crippen LogP contribution in [0.1, 0.15) is 182 Å². The molecule has 1 spiro atoms. The first-order chi connectivity index (χ1) is 20.2. The van der Waals surface area contributed by atoms with Crippen LogP contribution in [0, 0.1) is 39.9 Å². The predicted molar refractivity (Wildman–Crippen MR) is 172 cm³/mol. The molecule has 8 atom stereocenters. The van der Waals surface area contributed by atoms with Crippen LogP contribution in [0.5, 0.6) is 0 Å². The normalized spacial score (nSPS) is 37.2. The molecule has 4 fully saturated rings. The van der Waals surface area contributed by atoms with Crippen LogP contribution in [0.15, 0.2) is 0 Å². The van der Waals surface area contributed by atoms with Crippen molar-refractivity contribution >= 4 is 11.9 Å². The number of hydrogen-bond acceptors (Lipinski definition) is 3. The lowest BCUT2D eigenvalue weighted by Crippen LogP contribution is -2.64. The van der Waals surface area contributed by atoms with Crippen LogP contribution < -0.4 is 0 Å². The highest BCUT2D eigenvalue weighted by Crippen LogP contribution is 2.72. The van der Waals surface area contributed by atoms with Crippen LogP contribution in [0.4, 0.5) is 0 Å². The van der Waals surface area contributed by atoms with Crippen molar-refractivity contribution in [3.05, 3.63) is 0 Å². The van der Waals surface area contributed by atoms with Crippen molar-refractivity contribution in [1.29, 1.82) is 0 Å². The van der Waals surface area contributed by atoms with E-state index in [1.165, 1.54) is 116 Å². The summed E-state index contributed by atoms with van der Waals surface area (Å²) in [7, 11) is 0. The molecular formula is C38H66O4. The Bertz CT molecular complexity index is 865. The monoisotopic (exact) mass is 586 g/mol. The molecule has 0 aromatic rings. The molecule has 4 heteroatoms. The number of fused-ring (bicyclic) bond motifs is 3. The van der Waals surface area contributed by atoms with Gasteiger partial charge >= 0.3 is 11.9 Å². The van der Waals surface area contributed by atoms with E-state index in [0.29, 0.717) is 30.6 Å². The summed E-state index contributed by atoms with van der Waals surface area (Å²) in [6, 6.07) is 0. The summed E-state index contributed by atoms with van der Waals surface area (Å²) in [5.41, 5.74) is -0.610. The first-order valence-electron chi connectivity index (χ1n) is 18.6. The average Bonchev–Trinajstić information content (AvgIpc) is 3.19. The van der Waals surface area contributed by atoms with Crippen LogP contribution in [0.3, 0.4) is 0 Å². The molecule has 42 heavy (non-hydrogen) atoms. The average molecular weight is 587 g/mol. The first kappa shape index (κ1) is 33.8. The topological polar surface area (TPSA) is 63.6 Å². The van der Waals surface area contributed by atoms with Gasteiger partial charge in [0, 0.05) is 11.8 Å². The van der Waals surface area contributed by atoms with Crippen molar-refractivity contribution in [2.75, 3.05) is 0 Å². The Kier molecular flexibility index (Phi) is 12.3. The molecule has 1 N–H and O–H groups in total. The number of carbonyl (C=O) groups is 2. The van der Waals surface area contributed by atoms with E-state index in [0.717, 1.165) is 31.1 Å². The highest BCUT2D eigenvalue weighted by Gasteiger charge is 2.68. The van der Waals surface area contributed by atoms with Crippen molar-refractivity contribution in [2.24, 2.45) is 39.9 Å². The molecule has 4 aliphatic rings. The minimum atomic E-state index is -0.714. The Morgan fingerprint density at radius 3 is 1.86 bits per heavy atom. The van der Waals surface area contributed by atoms with Crippen molar-refractivity contribution < 1.29 is 19.4 Å². The highest BCUT2D eigenvalue weighted by atomic mass is 16.5. The van der Waals surface area contributed by atoms with Gasteiger partial charge in [-0.3, -0.25) is 9.59 Å². The molecule has 4 nitrogen and oxygen atoms in total. The highest BCUT2D eigenvalue weighted by molar-refractivity contribution is 5.75. The van der Waals surface area contributed by atoms with Gasteiger partial charge in [0.2, 0.25) is 0 Å². The SMILES string of the molecule is CCCCCCCCCCCCCCCCCC(=O)O[C@H]1CC[C@@](C)(C(=O)O)[C@H]2CC[C@@]34C[C@H](CC[C@H]3[C@]12C)[C@@H](C)C4. The van der Waals surface area contributed by atoms with Gasteiger partial charge in [-0.2, -0.15) is 0 Å². The molecular weight excluding hydrogens is 520 g/mol. The minimum Gasteiger partial charge on any atom is -0.481 e. The molecule has 0 aliphatic heterocycles. The van der Waals surface area contributed by atoms with E-state index in [-0.39, 0.29) is 23.4 Å². The maximum Gasteiger partial charge on any atom is 0.309 e. The number of esters is 1. The Labute approximate surface area is 258 Å². The third kappa shape index (κ3) is 7.42. The summed E-state index contributed by atoms with van der Waals surface area (Å²) < 4.78 is 6.40. The van der Waals surface area contributed by atoms with E-state index < -0.39 is 11.4 Å². The van der Waals surface area contributed by atoms with Crippen LogP contribution in [0.2, 0.25) is 0 Å². The molecule has 0 aromatic carbocycles. The Hall–Kier alpha value is -1.06. The summed E-state index contributed by atoms with van der Waals surface area (Å²) >= 11 is 0. The van der Waals surface area contributed by atoms with E-state index in [1.807, 2.05) is 6.92 Å². The Balaban J connectivity index is 1.18. The van der Waals surface area contributed by atoms with Gasteiger partial charge < -0.3 is 9.84 Å². The van der Waals surface area contributed by atoms with Gasteiger partial charge in [-0.1, -0.05) is 111 Å². The molecule has 4 saturated carbocycles. The minimum absolute atomic E-state index is 0.0401. The summed E-state index contributed by atoms with van der Waals surface area (Å²) in [5.74, 6) is 1.49. The number of rotatable bonds is 18. The quantitative estimate of drug-likeness (QED) is 0.128. The first-order valence-corrected chi connectivity index (χ1v) is 18.6. The molecule has 0 saturated heterocycles. The number of ether oxygens (including phenoxy) is 1. The van der Waals surface area contributed by atoms with Crippen molar-refractivity contribution in [2.45, 2.75) is 188 Å².